The lowest BCUT2D eigenvalue weighted by atomic mass is 10.4. The molecule has 12 heavy (non-hydrogen) atoms. The van der Waals surface area contributed by atoms with Crippen LogP contribution in [0, 0.1) is 0 Å². The number of nitrogens with zero attached hydrogens (tertiary/aromatic N) is 2. The molecule has 1 aliphatic heterocycles. The molecule has 0 aliphatic carbocycles. The Balaban J connectivity index is 0.000000720. The third-order valence-electron chi connectivity index (χ3n) is 1.77. The van der Waals surface area contributed by atoms with Gasteiger partial charge in [-0.15, -0.1) is 12.4 Å². The van der Waals surface area contributed by atoms with Gasteiger partial charge in [-0.1, -0.05) is 0 Å². The molecular weight excluding hydrogens is 178 g/mol. The Kier molecular flexibility index (Phi) is 2.94. The predicted molar refractivity (Wildman–Crippen MR) is 47.5 cm³/mol. The van der Waals surface area contributed by atoms with Crippen LogP contribution in [0.3, 0.4) is 0 Å². The molecule has 2 heterocycles. The normalized spacial score (nSPS) is 14.4. The molecule has 0 unspecified atom stereocenters. The fourth-order valence-electron chi connectivity index (χ4n) is 1.22. The summed E-state index contributed by atoms with van der Waals surface area (Å²) in [6.07, 6.45) is 1.04. The van der Waals surface area contributed by atoms with E-state index in [9.17, 15) is 0 Å². The number of halogens is 1. The Morgan fingerprint density at radius 1 is 1.67 bits per heavy atom. The summed E-state index contributed by atoms with van der Waals surface area (Å²) in [5.41, 5.74) is 6.34. The fraction of sp³-hybridized carbons (Fsp3) is 0.571. The lowest BCUT2D eigenvalue weighted by Gasteiger charge is -2.13. The van der Waals surface area contributed by atoms with Crippen molar-refractivity contribution in [3.05, 3.63) is 11.8 Å². The molecule has 5 heteroatoms. The zero-order valence-corrected chi connectivity index (χ0v) is 7.51. The lowest BCUT2D eigenvalue weighted by molar-refractivity contribution is 0.230. The number of aromatic nitrogens is 2. The highest BCUT2D eigenvalue weighted by Crippen LogP contribution is 2.17. The summed E-state index contributed by atoms with van der Waals surface area (Å²) in [4.78, 5) is 0. The third-order valence-corrected chi connectivity index (χ3v) is 1.77. The SMILES string of the molecule is Cl.NCc1cc2n(n1)CCCO2. The average Bonchev–Trinajstić information content (AvgIpc) is 2.46. The molecule has 0 bridgehead atoms. The number of ether oxygens (including phenoxy) is 1. The molecule has 0 saturated carbocycles. The first-order valence-electron chi connectivity index (χ1n) is 3.80. The van der Waals surface area contributed by atoms with Crippen LogP contribution in [-0.2, 0) is 13.1 Å². The minimum absolute atomic E-state index is 0. The molecule has 2 rings (SSSR count). The fourth-order valence-corrected chi connectivity index (χ4v) is 1.22. The van der Waals surface area contributed by atoms with E-state index in [1.807, 2.05) is 10.7 Å². The summed E-state index contributed by atoms with van der Waals surface area (Å²) in [5.74, 6) is 0.858. The van der Waals surface area contributed by atoms with E-state index in [2.05, 4.69) is 5.10 Å². The van der Waals surface area contributed by atoms with Gasteiger partial charge < -0.3 is 10.5 Å². The monoisotopic (exact) mass is 189 g/mol. The van der Waals surface area contributed by atoms with Gasteiger partial charge in [0.1, 0.15) is 0 Å². The molecule has 0 fully saturated rings. The Morgan fingerprint density at radius 2 is 2.50 bits per heavy atom. The van der Waals surface area contributed by atoms with Gasteiger partial charge in [-0.05, 0) is 0 Å². The van der Waals surface area contributed by atoms with Crippen LogP contribution in [0.5, 0.6) is 5.88 Å². The first-order valence-corrected chi connectivity index (χ1v) is 3.80. The molecule has 0 aromatic carbocycles. The molecule has 0 atom stereocenters. The predicted octanol–water partition coefficient (Wildman–Crippen LogP) is 0.546. The summed E-state index contributed by atoms with van der Waals surface area (Å²) >= 11 is 0. The van der Waals surface area contributed by atoms with Gasteiger partial charge in [0.15, 0.2) is 0 Å². The van der Waals surface area contributed by atoms with Crippen molar-refractivity contribution in [1.29, 1.82) is 0 Å². The van der Waals surface area contributed by atoms with Crippen molar-refractivity contribution in [2.75, 3.05) is 6.61 Å². The van der Waals surface area contributed by atoms with E-state index >= 15 is 0 Å². The van der Waals surface area contributed by atoms with Gasteiger partial charge in [0.05, 0.1) is 12.3 Å². The lowest BCUT2D eigenvalue weighted by Crippen LogP contribution is -2.14. The van der Waals surface area contributed by atoms with Crippen LogP contribution >= 0.6 is 12.4 Å². The molecule has 1 aromatic heterocycles. The minimum atomic E-state index is 0. The highest BCUT2D eigenvalue weighted by atomic mass is 35.5. The number of nitrogens with two attached hydrogens (primary N) is 1. The minimum Gasteiger partial charge on any atom is -0.478 e. The second-order valence-electron chi connectivity index (χ2n) is 2.60. The molecule has 0 radical (unpaired) electrons. The number of hydrogen-bond acceptors (Lipinski definition) is 3. The zero-order valence-electron chi connectivity index (χ0n) is 6.69. The van der Waals surface area contributed by atoms with Crippen molar-refractivity contribution >= 4 is 12.4 Å². The van der Waals surface area contributed by atoms with E-state index in [1.165, 1.54) is 0 Å². The Labute approximate surface area is 77.1 Å². The molecular formula is C7H12ClN3O. The van der Waals surface area contributed by atoms with Crippen LogP contribution in [0.4, 0.5) is 0 Å². The van der Waals surface area contributed by atoms with E-state index in [-0.39, 0.29) is 12.4 Å². The molecule has 0 spiro atoms. The number of fused-ring (bicyclic) bond motifs is 1. The van der Waals surface area contributed by atoms with Crippen molar-refractivity contribution < 1.29 is 4.74 Å². The zero-order chi connectivity index (χ0) is 7.68. The van der Waals surface area contributed by atoms with Crippen molar-refractivity contribution in [3.8, 4) is 5.88 Å². The van der Waals surface area contributed by atoms with Gasteiger partial charge in [0.25, 0.3) is 0 Å². The first-order chi connectivity index (χ1) is 5.40. The number of aryl methyl sites for hydroxylation is 1. The van der Waals surface area contributed by atoms with Gasteiger partial charge in [-0.25, -0.2) is 4.68 Å². The van der Waals surface area contributed by atoms with Crippen LogP contribution < -0.4 is 10.5 Å². The Bertz CT molecular complexity index is 238. The van der Waals surface area contributed by atoms with Gasteiger partial charge in [0.2, 0.25) is 5.88 Å². The van der Waals surface area contributed by atoms with Gasteiger partial charge in [-0.3, -0.25) is 0 Å². The van der Waals surface area contributed by atoms with Crippen molar-refractivity contribution in [2.24, 2.45) is 5.73 Å². The smallest absolute Gasteiger partial charge is 0.212 e. The summed E-state index contributed by atoms with van der Waals surface area (Å²) < 4.78 is 7.22. The topological polar surface area (TPSA) is 53.1 Å². The van der Waals surface area contributed by atoms with Crippen LogP contribution in [-0.4, -0.2) is 16.4 Å². The van der Waals surface area contributed by atoms with E-state index in [1.54, 1.807) is 0 Å². The van der Waals surface area contributed by atoms with Gasteiger partial charge >= 0.3 is 0 Å². The second-order valence-corrected chi connectivity index (χ2v) is 2.60. The maximum Gasteiger partial charge on any atom is 0.212 e. The molecule has 4 nitrogen and oxygen atoms in total. The number of hydrogen-bond donors (Lipinski definition) is 1. The molecule has 2 N–H and O–H groups in total. The maximum atomic E-state index is 5.43. The summed E-state index contributed by atoms with van der Waals surface area (Å²) in [6, 6.07) is 1.90. The van der Waals surface area contributed by atoms with Gasteiger partial charge in [0, 0.05) is 25.6 Å². The largest absolute Gasteiger partial charge is 0.478 e. The van der Waals surface area contributed by atoms with Crippen LogP contribution in [0.15, 0.2) is 6.07 Å². The van der Waals surface area contributed by atoms with Crippen LogP contribution in [0.1, 0.15) is 12.1 Å². The molecule has 68 valence electrons. The summed E-state index contributed by atoms with van der Waals surface area (Å²) in [5, 5.41) is 4.24. The third kappa shape index (κ3) is 1.54. The van der Waals surface area contributed by atoms with Gasteiger partial charge in [-0.2, -0.15) is 5.10 Å². The molecule has 0 saturated heterocycles. The quantitative estimate of drug-likeness (QED) is 0.702. The van der Waals surface area contributed by atoms with E-state index in [0.29, 0.717) is 6.54 Å². The highest BCUT2D eigenvalue weighted by molar-refractivity contribution is 5.85. The highest BCUT2D eigenvalue weighted by Gasteiger charge is 2.11. The Hall–Kier alpha value is -0.740. The Morgan fingerprint density at radius 3 is 3.17 bits per heavy atom. The maximum absolute atomic E-state index is 5.43. The van der Waals surface area contributed by atoms with Crippen molar-refractivity contribution in [2.45, 2.75) is 19.5 Å². The van der Waals surface area contributed by atoms with Crippen molar-refractivity contribution in [3.63, 3.8) is 0 Å². The van der Waals surface area contributed by atoms with Crippen LogP contribution in [0.25, 0.3) is 0 Å². The summed E-state index contributed by atoms with van der Waals surface area (Å²) in [7, 11) is 0. The average molecular weight is 190 g/mol. The van der Waals surface area contributed by atoms with E-state index in [0.717, 1.165) is 31.1 Å². The summed E-state index contributed by atoms with van der Waals surface area (Å²) in [6.45, 7) is 2.24. The molecule has 0 amide bonds. The standard InChI is InChI=1S/C7H11N3O.ClH/c8-5-6-4-7-10(9-6)2-1-3-11-7;/h4H,1-3,5,8H2;1H. The van der Waals surface area contributed by atoms with Crippen LogP contribution in [0.2, 0.25) is 0 Å². The first kappa shape index (κ1) is 9.35. The second kappa shape index (κ2) is 3.78. The van der Waals surface area contributed by atoms with E-state index in [4.69, 9.17) is 10.5 Å². The number of rotatable bonds is 1. The van der Waals surface area contributed by atoms with E-state index < -0.39 is 0 Å². The molecule has 1 aliphatic rings. The van der Waals surface area contributed by atoms with Crippen molar-refractivity contribution in [1.82, 2.24) is 9.78 Å². The molecule has 1 aromatic rings.